The summed E-state index contributed by atoms with van der Waals surface area (Å²) in [5.74, 6) is -0.167. The number of benzene rings is 2. The average molecular weight is 369 g/mol. The topological polar surface area (TPSA) is 68.2 Å². The molecule has 3 rings (SSSR count). The lowest BCUT2D eigenvalue weighted by Crippen LogP contribution is -2.30. The first-order valence-corrected chi connectivity index (χ1v) is 9.12. The van der Waals surface area contributed by atoms with Gasteiger partial charge in [-0.2, -0.15) is 5.26 Å². The molecule has 1 fully saturated rings. The lowest BCUT2D eigenvalue weighted by atomic mass is 10.1. The van der Waals surface area contributed by atoms with Crippen molar-refractivity contribution >= 4 is 34.6 Å². The Morgan fingerprint density at radius 3 is 2.65 bits per heavy atom. The Morgan fingerprint density at radius 2 is 1.92 bits per heavy atom. The Bertz CT molecular complexity index is 825. The predicted molar refractivity (Wildman–Crippen MR) is 106 cm³/mol. The fourth-order valence-electron chi connectivity index (χ4n) is 3.10. The van der Waals surface area contributed by atoms with E-state index in [-0.39, 0.29) is 12.5 Å². The lowest BCUT2D eigenvalue weighted by molar-refractivity contribution is -0.114. The van der Waals surface area contributed by atoms with E-state index in [2.05, 4.69) is 21.6 Å². The summed E-state index contributed by atoms with van der Waals surface area (Å²) in [5, 5.41) is 15.2. The van der Waals surface area contributed by atoms with Crippen LogP contribution >= 0.6 is 11.6 Å². The van der Waals surface area contributed by atoms with Crippen LogP contribution in [0.5, 0.6) is 0 Å². The van der Waals surface area contributed by atoms with Crippen LogP contribution in [-0.4, -0.2) is 25.5 Å². The number of nitrogens with one attached hydrogen (secondary N) is 2. The molecule has 0 atom stereocenters. The normalized spacial score (nSPS) is 13.8. The second kappa shape index (κ2) is 8.59. The Morgan fingerprint density at radius 1 is 1.15 bits per heavy atom. The molecule has 1 heterocycles. The highest BCUT2D eigenvalue weighted by Crippen LogP contribution is 2.28. The van der Waals surface area contributed by atoms with E-state index in [4.69, 9.17) is 16.9 Å². The van der Waals surface area contributed by atoms with Crippen LogP contribution in [0.4, 0.5) is 17.1 Å². The van der Waals surface area contributed by atoms with Gasteiger partial charge in [0, 0.05) is 18.8 Å². The summed E-state index contributed by atoms with van der Waals surface area (Å²) in [6.07, 6.45) is 3.68. The number of carbonyl (C=O) groups is 1. The number of carbonyl (C=O) groups excluding carboxylic acids is 1. The van der Waals surface area contributed by atoms with Crippen molar-refractivity contribution in [3.63, 3.8) is 0 Å². The number of hydrogen-bond acceptors (Lipinski definition) is 4. The van der Waals surface area contributed by atoms with Crippen LogP contribution < -0.4 is 15.5 Å². The minimum absolute atomic E-state index is 0.155. The van der Waals surface area contributed by atoms with Crippen molar-refractivity contribution in [2.45, 2.75) is 19.3 Å². The summed E-state index contributed by atoms with van der Waals surface area (Å²) in [5.41, 5.74) is 3.06. The number of piperidine rings is 1. The number of hydrogen-bond donors (Lipinski definition) is 2. The fraction of sp³-hybridized carbons (Fsp3) is 0.300. The Labute approximate surface area is 158 Å². The summed E-state index contributed by atoms with van der Waals surface area (Å²) in [4.78, 5) is 14.6. The molecule has 1 aliphatic rings. The Kier molecular flexibility index (Phi) is 5.98. The van der Waals surface area contributed by atoms with Gasteiger partial charge in [-0.15, -0.1) is 0 Å². The van der Waals surface area contributed by atoms with E-state index in [1.165, 1.54) is 19.3 Å². The van der Waals surface area contributed by atoms with Crippen molar-refractivity contribution in [3.8, 4) is 6.07 Å². The van der Waals surface area contributed by atoms with Gasteiger partial charge in [-0.05, 0) is 49.6 Å². The molecule has 26 heavy (non-hydrogen) atoms. The monoisotopic (exact) mass is 368 g/mol. The van der Waals surface area contributed by atoms with Crippen molar-refractivity contribution in [3.05, 3.63) is 53.1 Å². The first-order chi connectivity index (χ1) is 12.7. The van der Waals surface area contributed by atoms with E-state index in [9.17, 15) is 4.79 Å². The van der Waals surface area contributed by atoms with Crippen molar-refractivity contribution < 1.29 is 4.79 Å². The fourth-order valence-corrected chi connectivity index (χ4v) is 3.32. The quantitative estimate of drug-likeness (QED) is 0.827. The standard InChI is InChI=1S/C20H21ClN4O/c21-17-12-16(9-8-15(17)13-22)24-20(26)14-23-18-6-2-3-7-19(18)25-10-4-1-5-11-25/h2-3,6-9,12,23H,1,4-5,10-11,14H2,(H,24,26). The molecule has 2 aromatic rings. The molecule has 5 nitrogen and oxygen atoms in total. The first kappa shape index (κ1) is 18.1. The molecular weight excluding hydrogens is 348 g/mol. The number of nitrogens with zero attached hydrogens (tertiary/aromatic N) is 2. The Balaban J connectivity index is 1.61. The van der Waals surface area contributed by atoms with E-state index >= 15 is 0 Å². The van der Waals surface area contributed by atoms with Crippen LogP contribution in [-0.2, 0) is 4.79 Å². The van der Waals surface area contributed by atoms with Crippen LogP contribution in [0.2, 0.25) is 5.02 Å². The number of anilines is 3. The maximum atomic E-state index is 12.2. The summed E-state index contributed by atoms with van der Waals surface area (Å²) < 4.78 is 0. The van der Waals surface area contributed by atoms with Gasteiger partial charge in [-0.25, -0.2) is 0 Å². The van der Waals surface area contributed by atoms with Crippen LogP contribution in [0.15, 0.2) is 42.5 Å². The summed E-state index contributed by atoms with van der Waals surface area (Å²) in [7, 11) is 0. The average Bonchev–Trinajstić information content (AvgIpc) is 2.67. The molecule has 6 heteroatoms. The second-order valence-electron chi connectivity index (χ2n) is 6.27. The molecule has 0 unspecified atom stereocenters. The third-order valence-corrected chi connectivity index (χ3v) is 4.73. The van der Waals surface area contributed by atoms with Crippen LogP contribution in [0.3, 0.4) is 0 Å². The molecule has 2 aromatic carbocycles. The number of amides is 1. The van der Waals surface area contributed by atoms with E-state index in [0.29, 0.717) is 16.3 Å². The number of rotatable bonds is 5. The van der Waals surface area contributed by atoms with Gasteiger partial charge in [0.05, 0.1) is 28.5 Å². The van der Waals surface area contributed by atoms with E-state index in [0.717, 1.165) is 24.5 Å². The van der Waals surface area contributed by atoms with Gasteiger partial charge < -0.3 is 15.5 Å². The lowest BCUT2D eigenvalue weighted by Gasteiger charge is -2.30. The number of para-hydroxylation sites is 2. The molecule has 0 saturated carbocycles. The zero-order valence-electron chi connectivity index (χ0n) is 14.5. The van der Waals surface area contributed by atoms with Crippen molar-refractivity contribution in [2.75, 3.05) is 35.2 Å². The van der Waals surface area contributed by atoms with E-state index in [1.807, 2.05) is 24.3 Å². The molecule has 0 spiro atoms. The maximum absolute atomic E-state index is 12.2. The van der Waals surface area contributed by atoms with Crippen molar-refractivity contribution in [2.24, 2.45) is 0 Å². The molecule has 0 radical (unpaired) electrons. The summed E-state index contributed by atoms with van der Waals surface area (Å²) in [6.45, 7) is 2.26. The highest BCUT2D eigenvalue weighted by atomic mass is 35.5. The van der Waals surface area contributed by atoms with Crippen LogP contribution in [0.25, 0.3) is 0 Å². The minimum Gasteiger partial charge on any atom is -0.374 e. The molecule has 134 valence electrons. The molecule has 0 aliphatic carbocycles. The van der Waals surface area contributed by atoms with Crippen molar-refractivity contribution in [1.29, 1.82) is 5.26 Å². The summed E-state index contributed by atoms with van der Waals surface area (Å²) in [6, 6.07) is 14.9. The van der Waals surface area contributed by atoms with Gasteiger partial charge in [0.25, 0.3) is 0 Å². The molecule has 0 bridgehead atoms. The van der Waals surface area contributed by atoms with Gasteiger partial charge in [-0.3, -0.25) is 4.79 Å². The smallest absolute Gasteiger partial charge is 0.243 e. The third kappa shape index (κ3) is 4.47. The van der Waals surface area contributed by atoms with Crippen LogP contribution in [0.1, 0.15) is 24.8 Å². The third-order valence-electron chi connectivity index (χ3n) is 4.41. The summed E-state index contributed by atoms with van der Waals surface area (Å²) >= 11 is 6.00. The minimum atomic E-state index is -0.167. The van der Waals surface area contributed by atoms with Gasteiger partial charge in [-0.1, -0.05) is 23.7 Å². The zero-order chi connectivity index (χ0) is 18.4. The maximum Gasteiger partial charge on any atom is 0.243 e. The molecular formula is C20H21ClN4O. The van der Waals surface area contributed by atoms with Gasteiger partial charge in [0.1, 0.15) is 6.07 Å². The van der Waals surface area contributed by atoms with Crippen molar-refractivity contribution in [1.82, 2.24) is 0 Å². The van der Waals surface area contributed by atoms with Gasteiger partial charge in [0.15, 0.2) is 0 Å². The van der Waals surface area contributed by atoms with Crippen LogP contribution in [0, 0.1) is 11.3 Å². The molecule has 1 amide bonds. The first-order valence-electron chi connectivity index (χ1n) is 8.75. The predicted octanol–water partition coefficient (Wildman–Crippen LogP) is 4.25. The van der Waals surface area contributed by atoms with E-state index in [1.54, 1.807) is 18.2 Å². The Hall–Kier alpha value is -2.71. The largest absolute Gasteiger partial charge is 0.374 e. The SMILES string of the molecule is N#Cc1ccc(NC(=O)CNc2ccccc2N2CCCCC2)cc1Cl. The zero-order valence-corrected chi connectivity index (χ0v) is 15.2. The number of halogens is 1. The molecule has 2 N–H and O–H groups in total. The number of nitriles is 1. The van der Waals surface area contributed by atoms with Gasteiger partial charge >= 0.3 is 0 Å². The highest BCUT2D eigenvalue weighted by Gasteiger charge is 2.14. The highest BCUT2D eigenvalue weighted by molar-refractivity contribution is 6.32. The second-order valence-corrected chi connectivity index (χ2v) is 6.68. The molecule has 0 aromatic heterocycles. The van der Waals surface area contributed by atoms with E-state index < -0.39 is 0 Å². The molecule has 1 saturated heterocycles. The van der Waals surface area contributed by atoms with Gasteiger partial charge in [0.2, 0.25) is 5.91 Å². The molecule has 1 aliphatic heterocycles.